The Morgan fingerprint density at radius 2 is 1.86 bits per heavy atom. The van der Waals surface area contributed by atoms with Gasteiger partial charge >= 0.3 is 0 Å². The lowest BCUT2D eigenvalue weighted by Crippen LogP contribution is -2.45. The van der Waals surface area contributed by atoms with Gasteiger partial charge in [-0.05, 0) is 43.8 Å². The third-order valence-corrected chi connectivity index (χ3v) is 5.70. The van der Waals surface area contributed by atoms with Gasteiger partial charge in [-0.3, -0.25) is 4.79 Å². The molecular formula is C22H36IN5O. The summed E-state index contributed by atoms with van der Waals surface area (Å²) >= 11 is 0. The largest absolute Gasteiger partial charge is 0.347 e. The molecule has 2 heterocycles. The third kappa shape index (κ3) is 7.77. The van der Waals surface area contributed by atoms with E-state index in [1.807, 2.05) is 18.2 Å². The topological polar surface area (TPSA) is 51.2 Å². The number of likely N-dealkylation sites (tertiary alicyclic amines) is 2. The van der Waals surface area contributed by atoms with E-state index >= 15 is 0 Å². The van der Waals surface area contributed by atoms with Crippen molar-refractivity contribution in [1.82, 2.24) is 20.0 Å². The second-order valence-corrected chi connectivity index (χ2v) is 8.23. The molecule has 1 amide bonds. The lowest BCUT2D eigenvalue weighted by Gasteiger charge is -2.29. The number of amides is 1. The number of nitrogens with zero attached hydrogens (tertiary/aromatic N) is 4. The van der Waals surface area contributed by atoms with Gasteiger partial charge in [-0.1, -0.05) is 36.8 Å². The van der Waals surface area contributed by atoms with Crippen LogP contribution >= 0.6 is 24.0 Å². The molecule has 1 N–H and O–H groups in total. The van der Waals surface area contributed by atoms with Gasteiger partial charge in [-0.15, -0.1) is 24.0 Å². The van der Waals surface area contributed by atoms with E-state index in [4.69, 9.17) is 4.99 Å². The van der Waals surface area contributed by atoms with E-state index in [0.717, 1.165) is 19.0 Å². The van der Waals surface area contributed by atoms with Crippen LogP contribution in [0.15, 0.2) is 35.3 Å². The number of nitrogens with one attached hydrogen (secondary N) is 1. The van der Waals surface area contributed by atoms with E-state index in [1.54, 1.807) is 19.0 Å². The van der Waals surface area contributed by atoms with Crippen LogP contribution in [0.25, 0.3) is 0 Å². The van der Waals surface area contributed by atoms with Crippen molar-refractivity contribution in [2.24, 2.45) is 10.9 Å². The van der Waals surface area contributed by atoms with Crippen molar-refractivity contribution < 1.29 is 4.79 Å². The molecule has 1 aromatic carbocycles. The van der Waals surface area contributed by atoms with Gasteiger partial charge in [-0.25, -0.2) is 4.99 Å². The van der Waals surface area contributed by atoms with E-state index in [0.29, 0.717) is 12.5 Å². The molecule has 2 saturated heterocycles. The number of likely N-dealkylation sites (N-methyl/N-ethyl adjacent to an activating group) is 1. The summed E-state index contributed by atoms with van der Waals surface area (Å²) in [6.45, 7) is 6.64. The first-order valence-corrected chi connectivity index (χ1v) is 10.6. The Kier molecular flexibility index (Phi) is 10.2. The number of rotatable bonds is 6. The van der Waals surface area contributed by atoms with Gasteiger partial charge in [0, 0.05) is 33.7 Å². The van der Waals surface area contributed by atoms with E-state index < -0.39 is 0 Å². The zero-order valence-corrected chi connectivity index (χ0v) is 20.2. The fourth-order valence-electron chi connectivity index (χ4n) is 4.01. The smallest absolute Gasteiger partial charge is 0.241 e. The number of aliphatic imine (C=N–C) groups is 1. The van der Waals surface area contributed by atoms with E-state index in [2.05, 4.69) is 27.2 Å². The molecule has 7 heteroatoms. The minimum absolute atomic E-state index is 0. The molecule has 0 bridgehead atoms. The monoisotopic (exact) mass is 513 g/mol. The molecule has 1 aromatic rings. The maximum atomic E-state index is 12.0. The highest BCUT2D eigenvalue weighted by atomic mass is 127. The second kappa shape index (κ2) is 12.4. The van der Waals surface area contributed by atoms with Gasteiger partial charge < -0.3 is 20.0 Å². The molecule has 162 valence electrons. The number of hydrogen-bond acceptors (Lipinski definition) is 3. The van der Waals surface area contributed by atoms with Crippen molar-refractivity contribution in [2.75, 3.05) is 53.4 Å². The van der Waals surface area contributed by atoms with Crippen molar-refractivity contribution in [2.45, 2.75) is 32.2 Å². The summed E-state index contributed by atoms with van der Waals surface area (Å²) < 4.78 is 0. The highest BCUT2D eigenvalue weighted by molar-refractivity contribution is 14.0. The molecule has 3 rings (SSSR count). The first kappa shape index (κ1) is 23.9. The summed E-state index contributed by atoms with van der Waals surface area (Å²) in [6.07, 6.45) is 5.26. The van der Waals surface area contributed by atoms with E-state index in [9.17, 15) is 4.79 Å². The maximum Gasteiger partial charge on any atom is 0.241 e. The molecule has 0 aromatic heterocycles. The maximum absolute atomic E-state index is 12.0. The molecule has 0 spiro atoms. The molecule has 29 heavy (non-hydrogen) atoms. The number of benzene rings is 1. The van der Waals surface area contributed by atoms with E-state index in [1.165, 1.54) is 50.9 Å². The first-order chi connectivity index (χ1) is 13.6. The second-order valence-electron chi connectivity index (χ2n) is 8.23. The molecule has 6 nitrogen and oxygen atoms in total. The average Bonchev–Trinajstić information content (AvgIpc) is 3.17. The molecule has 2 aliphatic rings. The summed E-state index contributed by atoms with van der Waals surface area (Å²) in [6, 6.07) is 10.3. The number of halogens is 1. The number of carbonyl (C=O) groups excluding carboxylic acids is 1. The van der Waals surface area contributed by atoms with Gasteiger partial charge in [0.25, 0.3) is 0 Å². The van der Waals surface area contributed by atoms with Crippen LogP contribution in [0.5, 0.6) is 0 Å². The van der Waals surface area contributed by atoms with E-state index in [-0.39, 0.29) is 36.4 Å². The van der Waals surface area contributed by atoms with Gasteiger partial charge in [0.15, 0.2) is 5.96 Å². The molecule has 1 atom stereocenters. The normalized spacial score (nSPS) is 20.3. The number of hydrogen-bond donors (Lipinski definition) is 1. The minimum Gasteiger partial charge on any atom is -0.347 e. The summed E-state index contributed by atoms with van der Waals surface area (Å²) in [7, 11) is 3.57. The summed E-state index contributed by atoms with van der Waals surface area (Å²) in [5.41, 5.74) is 1.18. The molecule has 0 radical (unpaired) electrons. The summed E-state index contributed by atoms with van der Waals surface area (Å²) in [4.78, 5) is 23.5. The third-order valence-electron chi connectivity index (χ3n) is 5.70. The van der Waals surface area contributed by atoms with Crippen molar-refractivity contribution in [3.05, 3.63) is 35.9 Å². The highest BCUT2D eigenvalue weighted by Crippen LogP contribution is 2.20. The molecule has 0 aliphatic carbocycles. The van der Waals surface area contributed by atoms with Crippen LogP contribution in [0, 0.1) is 5.92 Å². The zero-order valence-electron chi connectivity index (χ0n) is 17.8. The predicted molar refractivity (Wildman–Crippen MR) is 130 cm³/mol. The Morgan fingerprint density at radius 1 is 1.14 bits per heavy atom. The van der Waals surface area contributed by atoms with Gasteiger partial charge in [0.1, 0.15) is 0 Å². The van der Waals surface area contributed by atoms with Crippen LogP contribution in [-0.4, -0.2) is 79.9 Å². The standard InChI is InChI=1S/C22H35N5O.HI/c1-25(2)21(28)16-24-22(23-15-19-9-5-3-6-10-19)27-14-11-20(18-27)17-26-12-7-4-8-13-26;/h3,5-6,9-10,20H,4,7-8,11-18H2,1-2H3,(H,23,24);1H. The zero-order chi connectivity index (χ0) is 19.8. The van der Waals surface area contributed by atoms with Crippen molar-refractivity contribution >= 4 is 35.8 Å². The van der Waals surface area contributed by atoms with Gasteiger partial charge in [0.05, 0.1) is 13.1 Å². The number of guanidine groups is 1. The van der Waals surface area contributed by atoms with Crippen LogP contribution in [0.1, 0.15) is 31.2 Å². The minimum atomic E-state index is 0. The molecule has 0 saturated carbocycles. The lowest BCUT2D eigenvalue weighted by atomic mass is 10.1. The Balaban J connectivity index is 0.00000300. The first-order valence-electron chi connectivity index (χ1n) is 10.6. The Morgan fingerprint density at radius 3 is 2.55 bits per heavy atom. The average molecular weight is 513 g/mol. The molecule has 2 fully saturated rings. The van der Waals surface area contributed by atoms with Gasteiger partial charge in [-0.2, -0.15) is 0 Å². The van der Waals surface area contributed by atoms with Gasteiger partial charge in [0.2, 0.25) is 5.91 Å². The highest BCUT2D eigenvalue weighted by Gasteiger charge is 2.27. The van der Waals surface area contributed by atoms with Crippen LogP contribution in [-0.2, 0) is 11.3 Å². The Hall–Kier alpha value is -1.35. The Bertz CT molecular complexity index is 646. The predicted octanol–water partition coefficient (Wildman–Crippen LogP) is 2.65. The van der Waals surface area contributed by atoms with Crippen LogP contribution in [0.3, 0.4) is 0 Å². The van der Waals surface area contributed by atoms with Crippen LogP contribution in [0.2, 0.25) is 0 Å². The number of carbonyl (C=O) groups is 1. The van der Waals surface area contributed by atoms with Crippen LogP contribution in [0.4, 0.5) is 0 Å². The fourth-order valence-corrected chi connectivity index (χ4v) is 4.01. The van der Waals surface area contributed by atoms with Crippen molar-refractivity contribution in [1.29, 1.82) is 0 Å². The fraction of sp³-hybridized carbons (Fsp3) is 0.636. The van der Waals surface area contributed by atoms with Crippen molar-refractivity contribution in [3.63, 3.8) is 0 Å². The molecular weight excluding hydrogens is 477 g/mol. The quantitative estimate of drug-likeness (QED) is 0.361. The molecule has 2 aliphatic heterocycles. The van der Waals surface area contributed by atoms with Crippen molar-refractivity contribution in [3.8, 4) is 0 Å². The summed E-state index contributed by atoms with van der Waals surface area (Å²) in [5.74, 6) is 1.61. The number of piperidine rings is 1. The molecule has 1 unspecified atom stereocenters. The lowest BCUT2D eigenvalue weighted by molar-refractivity contribution is -0.127. The SMILES string of the molecule is CN(C)C(=O)CNC(=NCc1ccccc1)N1CCC(CN2CCCCC2)C1.I. The van der Waals surface area contributed by atoms with Crippen LogP contribution < -0.4 is 5.32 Å². The summed E-state index contributed by atoms with van der Waals surface area (Å²) in [5, 5.41) is 3.31. The Labute approximate surface area is 192 Å².